The van der Waals surface area contributed by atoms with Crippen molar-refractivity contribution in [3.8, 4) is 5.75 Å². The van der Waals surface area contributed by atoms with Crippen molar-refractivity contribution in [3.63, 3.8) is 0 Å². The van der Waals surface area contributed by atoms with Crippen molar-refractivity contribution in [1.29, 1.82) is 0 Å². The van der Waals surface area contributed by atoms with Gasteiger partial charge < -0.3 is 9.47 Å². The van der Waals surface area contributed by atoms with Crippen LogP contribution in [-0.4, -0.2) is 18.7 Å². The number of carbonyl (C=O) groups is 1. The minimum atomic E-state index is -0.255. The molecular weight excluding hydrogens is 228 g/mol. The molecule has 1 aromatic rings. The van der Waals surface area contributed by atoms with Crippen molar-refractivity contribution >= 4 is 17.6 Å². The minimum absolute atomic E-state index is 0.0276. The Morgan fingerprint density at radius 3 is 2.81 bits per heavy atom. The normalized spacial score (nSPS) is 19.7. The summed E-state index contributed by atoms with van der Waals surface area (Å²) in [6.07, 6.45) is 2.32. The van der Waals surface area contributed by atoms with Crippen LogP contribution in [-0.2, 0) is 9.53 Å². The molecule has 2 rings (SSSR count). The van der Waals surface area contributed by atoms with Crippen molar-refractivity contribution in [2.75, 3.05) is 6.61 Å². The second kappa shape index (κ2) is 5.32. The SMILES string of the molecule is O=C(CC1CCCO1)Oc1ccc(Cl)cc1. The van der Waals surface area contributed by atoms with Crippen LogP contribution in [0.5, 0.6) is 5.75 Å². The first-order valence-electron chi connectivity index (χ1n) is 5.32. The third-order valence-electron chi connectivity index (χ3n) is 2.46. The van der Waals surface area contributed by atoms with Gasteiger partial charge in [0.2, 0.25) is 0 Å². The largest absolute Gasteiger partial charge is 0.426 e. The lowest BCUT2D eigenvalue weighted by atomic mass is 10.2. The summed E-state index contributed by atoms with van der Waals surface area (Å²) in [4.78, 5) is 11.5. The molecule has 16 heavy (non-hydrogen) atoms. The summed E-state index contributed by atoms with van der Waals surface area (Å²) in [7, 11) is 0. The summed E-state index contributed by atoms with van der Waals surface area (Å²) in [5.74, 6) is 0.265. The van der Waals surface area contributed by atoms with Gasteiger partial charge in [0.25, 0.3) is 0 Å². The zero-order chi connectivity index (χ0) is 11.4. The molecule has 1 heterocycles. The predicted molar refractivity (Wildman–Crippen MR) is 60.7 cm³/mol. The van der Waals surface area contributed by atoms with Crippen molar-refractivity contribution in [2.24, 2.45) is 0 Å². The molecule has 0 spiro atoms. The number of benzene rings is 1. The Bertz CT molecular complexity index is 355. The zero-order valence-electron chi connectivity index (χ0n) is 8.82. The molecule has 0 aliphatic carbocycles. The minimum Gasteiger partial charge on any atom is -0.426 e. The van der Waals surface area contributed by atoms with Gasteiger partial charge in [-0.25, -0.2) is 0 Å². The average molecular weight is 241 g/mol. The van der Waals surface area contributed by atoms with Crippen molar-refractivity contribution in [1.82, 2.24) is 0 Å². The molecule has 0 N–H and O–H groups in total. The number of esters is 1. The van der Waals surface area contributed by atoms with Crippen LogP contribution in [0.25, 0.3) is 0 Å². The highest BCUT2D eigenvalue weighted by molar-refractivity contribution is 6.30. The van der Waals surface area contributed by atoms with Crippen molar-refractivity contribution < 1.29 is 14.3 Å². The summed E-state index contributed by atoms with van der Waals surface area (Å²) in [6, 6.07) is 6.73. The summed E-state index contributed by atoms with van der Waals surface area (Å²) >= 11 is 5.73. The Balaban J connectivity index is 1.84. The molecule has 3 nitrogen and oxygen atoms in total. The number of carbonyl (C=O) groups excluding carboxylic acids is 1. The topological polar surface area (TPSA) is 35.5 Å². The molecule has 0 aromatic heterocycles. The zero-order valence-corrected chi connectivity index (χ0v) is 9.57. The van der Waals surface area contributed by atoms with E-state index in [9.17, 15) is 4.79 Å². The second-order valence-electron chi connectivity index (χ2n) is 3.77. The molecule has 0 amide bonds. The number of rotatable bonds is 3. The lowest BCUT2D eigenvalue weighted by molar-refractivity contribution is -0.136. The maximum Gasteiger partial charge on any atom is 0.313 e. The predicted octanol–water partition coefficient (Wildman–Crippen LogP) is 2.81. The van der Waals surface area contributed by atoms with Gasteiger partial charge in [-0.2, -0.15) is 0 Å². The molecule has 0 bridgehead atoms. The van der Waals surface area contributed by atoms with Gasteiger partial charge in [0.05, 0.1) is 12.5 Å². The van der Waals surface area contributed by atoms with Gasteiger partial charge in [-0.05, 0) is 37.1 Å². The van der Waals surface area contributed by atoms with E-state index < -0.39 is 0 Å². The molecule has 1 atom stereocenters. The maximum absolute atomic E-state index is 11.5. The molecule has 1 saturated heterocycles. The van der Waals surface area contributed by atoms with E-state index in [0.717, 1.165) is 19.4 Å². The summed E-state index contributed by atoms with van der Waals surface area (Å²) in [5.41, 5.74) is 0. The summed E-state index contributed by atoms with van der Waals surface area (Å²) in [5, 5.41) is 0.624. The first kappa shape index (κ1) is 11.4. The van der Waals surface area contributed by atoms with E-state index in [-0.39, 0.29) is 12.1 Å². The van der Waals surface area contributed by atoms with Crippen molar-refractivity contribution in [3.05, 3.63) is 29.3 Å². The van der Waals surface area contributed by atoms with E-state index in [0.29, 0.717) is 17.2 Å². The van der Waals surface area contributed by atoms with Crippen LogP contribution >= 0.6 is 11.6 Å². The van der Waals surface area contributed by atoms with E-state index in [4.69, 9.17) is 21.1 Å². The fraction of sp³-hybridized carbons (Fsp3) is 0.417. The maximum atomic E-state index is 11.5. The van der Waals surface area contributed by atoms with E-state index in [1.54, 1.807) is 24.3 Å². The molecule has 0 saturated carbocycles. The van der Waals surface area contributed by atoms with Crippen LogP contribution < -0.4 is 4.74 Å². The Labute approximate surface area is 99.3 Å². The molecule has 1 aromatic carbocycles. The average Bonchev–Trinajstić information content (AvgIpc) is 2.74. The molecule has 1 unspecified atom stereocenters. The number of hydrogen-bond acceptors (Lipinski definition) is 3. The van der Waals surface area contributed by atoms with E-state index >= 15 is 0 Å². The Hall–Kier alpha value is -1.06. The van der Waals surface area contributed by atoms with Gasteiger partial charge in [0.15, 0.2) is 0 Å². The number of hydrogen-bond donors (Lipinski definition) is 0. The lowest BCUT2D eigenvalue weighted by Gasteiger charge is -2.08. The molecule has 86 valence electrons. The standard InChI is InChI=1S/C12H13ClO3/c13-9-3-5-10(6-4-9)16-12(14)8-11-2-1-7-15-11/h3-6,11H,1-2,7-8H2. The monoisotopic (exact) mass is 240 g/mol. The molecule has 4 heteroatoms. The van der Waals surface area contributed by atoms with Crippen LogP contribution in [0.2, 0.25) is 5.02 Å². The fourth-order valence-corrected chi connectivity index (χ4v) is 1.79. The van der Waals surface area contributed by atoms with Crippen molar-refractivity contribution in [2.45, 2.75) is 25.4 Å². The van der Waals surface area contributed by atoms with Gasteiger partial charge in [-0.1, -0.05) is 11.6 Å². The number of halogens is 1. The van der Waals surface area contributed by atoms with E-state index in [2.05, 4.69) is 0 Å². The van der Waals surface area contributed by atoms with Gasteiger partial charge in [-0.15, -0.1) is 0 Å². The van der Waals surface area contributed by atoms with Crippen LogP contribution in [0.15, 0.2) is 24.3 Å². The third-order valence-corrected chi connectivity index (χ3v) is 2.72. The molecule has 0 radical (unpaired) electrons. The van der Waals surface area contributed by atoms with Gasteiger partial charge in [-0.3, -0.25) is 4.79 Å². The van der Waals surface area contributed by atoms with Crippen LogP contribution in [0.3, 0.4) is 0 Å². The van der Waals surface area contributed by atoms with Crippen LogP contribution in [0.4, 0.5) is 0 Å². The lowest BCUT2D eigenvalue weighted by Crippen LogP contribution is -2.17. The quantitative estimate of drug-likeness (QED) is 0.602. The third kappa shape index (κ3) is 3.22. The highest BCUT2D eigenvalue weighted by Gasteiger charge is 2.20. The number of ether oxygens (including phenoxy) is 2. The van der Waals surface area contributed by atoms with E-state index in [1.165, 1.54) is 0 Å². The highest BCUT2D eigenvalue weighted by Crippen LogP contribution is 2.19. The Morgan fingerprint density at radius 1 is 1.44 bits per heavy atom. The first-order valence-corrected chi connectivity index (χ1v) is 5.70. The highest BCUT2D eigenvalue weighted by atomic mass is 35.5. The molecule has 1 aliphatic rings. The smallest absolute Gasteiger partial charge is 0.313 e. The first-order chi connectivity index (χ1) is 7.74. The summed E-state index contributed by atoms with van der Waals surface area (Å²) in [6.45, 7) is 0.749. The second-order valence-corrected chi connectivity index (χ2v) is 4.20. The van der Waals surface area contributed by atoms with Crippen LogP contribution in [0, 0.1) is 0 Å². The van der Waals surface area contributed by atoms with E-state index in [1.807, 2.05) is 0 Å². The summed E-state index contributed by atoms with van der Waals surface area (Å²) < 4.78 is 10.5. The molecular formula is C12H13ClO3. The molecule has 1 aliphatic heterocycles. The fourth-order valence-electron chi connectivity index (χ4n) is 1.67. The molecule has 1 fully saturated rings. The van der Waals surface area contributed by atoms with Crippen LogP contribution in [0.1, 0.15) is 19.3 Å². The van der Waals surface area contributed by atoms with Gasteiger partial charge in [0.1, 0.15) is 5.75 Å². The van der Waals surface area contributed by atoms with Gasteiger partial charge >= 0.3 is 5.97 Å². The Kier molecular flexibility index (Phi) is 3.80. The van der Waals surface area contributed by atoms with Gasteiger partial charge in [0, 0.05) is 11.6 Å². The Morgan fingerprint density at radius 2 is 2.19 bits per heavy atom.